The Morgan fingerprint density at radius 3 is 2.11 bits per heavy atom. The van der Waals surface area contributed by atoms with Gasteiger partial charge in [0.25, 0.3) is 0 Å². The van der Waals surface area contributed by atoms with Crippen LogP contribution in [0.5, 0.6) is 11.5 Å². The van der Waals surface area contributed by atoms with Crippen molar-refractivity contribution in [1.82, 2.24) is 0 Å². The summed E-state index contributed by atoms with van der Waals surface area (Å²) in [5, 5.41) is 21.7. The summed E-state index contributed by atoms with van der Waals surface area (Å²) in [6, 6.07) is 15.3. The van der Waals surface area contributed by atoms with Crippen LogP contribution in [0, 0.1) is 17.8 Å². The molecule has 234 valence electrons. The summed E-state index contributed by atoms with van der Waals surface area (Å²) < 4.78 is 93.6. The van der Waals surface area contributed by atoms with Crippen LogP contribution >= 0.6 is 0 Å². The first kappa shape index (κ1) is 30.7. The van der Waals surface area contributed by atoms with E-state index < -0.39 is 72.0 Å². The van der Waals surface area contributed by atoms with Gasteiger partial charge in [0.1, 0.15) is 18.1 Å². The highest BCUT2D eigenvalue weighted by Gasteiger charge is 2.58. The number of phenols is 1. The molecule has 45 heavy (non-hydrogen) atoms. The molecule has 3 aliphatic rings. The van der Waals surface area contributed by atoms with Crippen LogP contribution < -0.4 is 9.64 Å². The van der Waals surface area contributed by atoms with Crippen molar-refractivity contribution < 1.29 is 55.5 Å². The van der Waals surface area contributed by atoms with Gasteiger partial charge < -0.3 is 19.5 Å². The van der Waals surface area contributed by atoms with Crippen molar-refractivity contribution in [3.8, 4) is 11.5 Å². The van der Waals surface area contributed by atoms with E-state index in [0.717, 1.165) is 0 Å². The van der Waals surface area contributed by atoms with Gasteiger partial charge in [-0.3, -0.25) is 9.59 Å². The van der Waals surface area contributed by atoms with Crippen molar-refractivity contribution >= 4 is 24.6 Å². The smallest absolute Gasteiger partial charge is 0.487 e. The molecule has 2 heterocycles. The molecule has 0 bridgehead atoms. The second kappa shape index (κ2) is 11.3. The van der Waals surface area contributed by atoms with Crippen LogP contribution in [0.4, 0.5) is 32.0 Å². The Kier molecular flexibility index (Phi) is 7.68. The van der Waals surface area contributed by atoms with Gasteiger partial charge in [0.05, 0.1) is 34.8 Å². The number of allylic oxidation sites excluding steroid dienone is 1. The number of anilines is 1. The van der Waals surface area contributed by atoms with Crippen molar-refractivity contribution in [2.45, 2.75) is 31.3 Å². The average molecular weight is 631 g/mol. The Labute approximate surface area is 252 Å². The highest BCUT2D eigenvalue weighted by atomic mass is 19.4. The molecular weight excluding hydrogens is 607 g/mol. The van der Waals surface area contributed by atoms with Gasteiger partial charge in [-0.15, -0.1) is 0 Å². The quantitative estimate of drug-likeness (QED) is 0.201. The van der Waals surface area contributed by atoms with Crippen molar-refractivity contribution in [1.29, 1.82) is 0 Å². The molecule has 0 unspecified atom stereocenters. The van der Waals surface area contributed by atoms with E-state index in [-0.39, 0.29) is 36.7 Å². The van der Waals surface area contributed by atoms with E-state index in [1.807, 2.05) is 0 Å². The van der Waals surface area contributed by atoms with E-state index in [4.69, 9.17) is 9.39 Å². The van der Waals surface area contributed by atoms with Crippen LogP contribution in [0.25, 0.3) is 0 Å². The van der Waals surface area contributed by atoms with Crippen LogP contribution in [0.15, 0.2) is 83.8 Å². The number of halogens is 6. The van der Waals surface area contributed by atoms with Gasteiger partial charge in [-0.05, 0) is 66.2 Å². The Balaban J connectivity index is 1.42. The lowest BCUT2D eigenvalue weighted by molar-refractivity contribution is -0.143. The van der Waals surface area contributed by atoms with Crippen LogP contribution in [0.3, 0.4) is 0 Å². The highest BCUT2D eigenvalue weighted by molar-refractivity contribution is 6.53. The zero-order valence-corrected chi connectivity index (χ0v) is 23.2. The van der Waals surface area contributed by atoms with Crippen LogP contribution in [0.1, 0.15) is 35.6 Å². The number of nitrogens with zero attached hydrogens (tertiary/aromatic N) is 1. The number of hydrogen-bond acceptors (Lipinski definition) is 6. The van der Waals surface area contributed by atoms with Crippen molar-refractivity contribution in [3.05, 3.63) is 101 Å². The largest absolute Gasteiger partial charge is 0.508 e. The summed E-state index contributed by atoms with van der Waals surface area (Å²) in [4.78, 5) is 28.1. The average Bonchev–Trinajstić information content (AvgIpc) is 3.24. The number of fused-ring (bicyclic) bond motifs is 3. The first-order chi connectivity index (χ1) is 21.2. The van der Waals surface area contributed by atoms with Gasteiger partial charge in [0, 0.05) is 5.56 Å². The van der Waals surface area contributed by atoms with Crippen molar-refractivity contribution in [2.24, 2.45) is 17.8 Å². The fourth-order valence-electron chi connectivity index (χ4n) is 6.51. The van der Waals surface area contributed by atoms with Crippen LogP contribution in [0.2, 0.25) is 0 Å². The van der Waals surface area contributed by atoms with E-state index in [1.165, 1.54) is 6.07 Å². The first-order valence-electron chi connectivity index (χ1n) is 13.9. The third kappa shape index (κ3) is 5.68. The van der Waals surface area contributed by atoms with E-state index in [1.54, 1.807) is 48.5 Å². The molecule has 3 aromatic rings. The maximum atomic E-state index is 13.9. The molecule has 0 aromatic heterocycles. The molecule has 4 atom stereocenters. The second-order valence-electron chi connectivity index (χ2n) is 11.2. The molecule has 7 nitrogen and oxygen atoms in total. The minimum Gasteiger partial charge on any atom is -0.508 e. The topological polar surface area (TPSA) is 96.3 Å². The fraction of sp³-hybridized carbons (Fsp3) is 0.290. The lowest BCUT2D eigenvalue weighted by Gasteiger charge is -2.42. The van der Waals surface area contributed by atoms with Crippen molar-refractivity contribution in [3.63, 3.8) is 0 Å². The minimum atomic E-state index is -5.19. The molecule has 1 aliphatic carbocycles. The summed E-state index contributed by atoms with van der Waals surface area (Å²) in [5.41, 5.74) is -3.23. The highest BCUT2D eigenvalue weighted by Crippen LogP contribution is 2.53. The number of para-hydroxylation sites is 2. The summed E-state index contributed by atoms with van der Waals surface area (Å²) in [6.07, 6.45) is -11.5. The van der Waals surface area contributed by atoms with Gasteiger partial charge in [0.2, 0.25) is 11.8 Å². The maximum absolute atomic E-state index is 13.9. The standard InChI is InChI=1S/C31H24BF6NO6/c33-30(34,35)17-11-18(31(36,37)38)13-19(12-17)39-28(41)23-10-16(15-44-20-6-2-1-3-7-20)27-22(26(23)29(39)42)14-25(45-32(27)43)21-8-4-5-9-24(21)40/h1-9,11-13,22-23,25-26,40,43H,10,14-15H2/t22-,23-,25-,26+/m0/s1. The van der Waals surface area contributed by atoms with Crippen LogP contribution in [-0.2, 0) is 26.6 Å². The molecule has 2 saturated heterocycles. The molecule has 2 aliphatic heterocycles. The zero-order valence-electron chi connectivity index (χ0n) is 23.2. The molecule has 2 fully saturated rings. The number of hydrogen-bond donors (Lipinski definition) is 2. The number of ether oxygens (including phenoxy) is 1. The van der Waals surface area contributed by atoms with E-state index in [9.17, 15) is 46.1 Å². The van der Waals surface area contributed by atoms with Gasteiger partial charge in [-0.25, -0.2) is 4.90 Å². The first-order valence-corrected chi connectivity index (χ1v) is 13.9. The normalized spacial score (nSPS) is 23.7. The number of carbonyl (C=O) groups excluding carboxylic acids is 2. The predicted molar refractivity (Wildman–Crippen MR) is 148 cm³/mol. The van der Waals surface area contributed by atoms with Crippen LogP contribution in [-0.4, -0.2) is 35.7 Å². The maximum Gasteiger partial charge on any atom is 0.487 e. The lowest BCUT2D eigenvalue weighted by Crippen LogP contribution is -2.45. The SMILES string of the molecule is O=C1[C@H]2[C@H](CC(COc3ccccc3)=C3B(O)O[C@H](c4ccccc4O)C[C@H]32)C(=O)N1c1cc(C(F)(F)F)cc(C(F)(F)F)c1. The predicted octanol–water partition coefficient (Wildman–Crippen LogP) is 6.11. The Morgan fingerprint density at radius 2 is 1.49 bits per heavy atom. The van der Waals surface area contributed by atoms with Gasteiger partial charge in [-0.1, -0.05) is 36.4 Å². The molecule has 2 amide bonds. The number of rotatable bonds is 5. The van der Waals surface area contributed by atoms with E-state index in [2.05, 4.69) is 0 Å². The summed E-state index contributed by atoms with van der Waals surface area (Å²) in [7, 11) is -1.61. The molecule has 14 heteroatoms. The molecular formula is C31H24BF6NO6. The van der Waals surface area contributed by atoms with Gasteiger partial charge in [-0.2, -0.15) is 26.3 Å². The number of imide groups is 1. The molecule has 0 saturated carbocycles. The van der Waals surface area contributed by atoms with Crippen molar-refractivity contribution in [2.75, 3.05) is 11.5 Å². The Morgan fingerprint density at radius 1 is 0.867 bits per heavy atom. The molecule has 6 rings (SSSR count). The number of phenolic OH excluding ortho intramolecular Hbond substituents is 1. The molecule has 0 radical (unpaired) electrons. The summed E-state index contributed by atoms with van der Waals surface area (Å²) in [5.74, 6) is -4.96. The number of aromatic hydroxyl groups is 1. The second-order valence-corrected chi connectivity index (χ2v) is 11.2. The number of benzene rings is 3. The molecule has 0 spiro atoms. The van der Waals surface area contributed by atoms with E-state index >= 15 is 0 Å². The number of carbonyl (C=O) groups is 2. The molecule has 2 N–H and O–H groups in total. The van der Waals surface area contributed by atoms with Gasteiger partial charge in [0.15, 0.2) is 0 Å². The third-order valence-electron chi connectivity index (χ3n) is 8.48. The summed E-state index contributed by atoms with van der Waals surface area (Å²) >= 11 is 0. The lowest BCUT2D eigenvalue weighted by atomic mass is 9.55. The molecule has 3 aromatic carbocycles. The van der Waals surface area contributed by atoms with Gasteiger partial charge >= 0.3 is 19.5 Å². The Hall–Kier alpha value is -4.30. The summed E-state index contributed by atoms with van der Waals surface area (Å²) in [6.45, 7) is -0.135. The number of alkyl halides is 6. The minimum absolute atomic E-state index is 0.0246. The van der Waals surface area contributed by atoms with E-state index in [0.29, 0.717) is 33.9 Å². The zero-order chi connectivity index (χ0) is 32.3. The fourth-order valence-corrected chi connectivity index (χ4v) is 6.51. The Bertz CT molecular complexity index is 1640. The monoisotopic (exact) mass is 631 g/mol. The number of amides is 2. The third-order valence-corrected chi connectivity index (χ3v) is 8.48.